The third-order valence-electron chi connectivity index (χ3n) is 3.52. The molecule has 130 valence electrons. The molecular weight excluding hydrogens is 354 g/mol. The fourth-order valence-electron chi connectivity index (χ4n) is 2.29. The largest absolute Gasteiger partial charge is 0.348 e. The van der Waals surface area contributed by atoms with E-state index in [0.29, 0.717) is 6.42 Å². The summed E-state index contributed by atoms with van der Waals surface area (Å²) in [6.07, 6.45) is 0.438. The van der Waals surface area contributed by atoms with Crippen molar-refractivity contribution in [3.05, 3.63) is 29.8 Å². The Hall–Kier alpha value is -1.96. The lowest BCUT2D eigenvalue weighted by molar-refractivity contribution is 0.0941. The van der Waals surface area contributed by atoms with Gasteiger partial charge in [0, 0.05) is 24.6 Å². The minimum Gasteiger partial charge on any atom is -0.348 e. The lowest BCUT2D eigenvalue weighted by Crippen LogP contribution is -2.35. The molecule has 0 aliphatic carbocycles. The number of sulfone groups is 1. The third kappa shape index (κ3) is 4.77. The molecule has 1 aliphatic rings. The topological polar surface area (TPSA) is 133 Å². The summed E-state index contributed by atoms with van der Waals surface area (Å²) < 4.78 is 48.9. The van der Waals surface area contributed by atoms with E-state index in [1.54, 1.807) is 0 Å². The average Bonchev–Trinajstić information content (AvgIpc) is 2.86. The molecule has 2 N–H and O–H groups in total. The van der Waals surface area contributed by atoms with Crippen LogP contribution in [0.1, 0.15) is 23.2 Å². The minimum atomic E-state index is -3.72. The lowest BCUT2D eigenvalue weighted by Gasteiger charge is -2.11. The van der Waals surface area contributed by atoms with Gasteiger partial charge in [-0.1, -0.05) is 0 Å². The van der Waals surface area contributed by atoms with Gasteiger partial charge in [-0.05, 0) is 30.7 Å². The molecule has 1 saturated heterocycles. The summed E-state index contributed by atoms with van der Waals surface area (Å²) in [5, 5.41) is 11.0. The van der Waals surface area contributed by atoms with Crippen LogP contribution in [0.25, 0.3) is 0 Å². The molecule has 0 unspecified atom stereocenters. The Morgan fingerprint density at radius 1 is 1.29 bits per heavy atom. The van der Waals surface area contributed by atoms with Gasteiger partial charge in [0.05, 0.1) is 22.5 Å². The van der Waals surface area contributed by atoms with Crippen LogP contribution in [0, 0.1) is 11.3 Å². The van der Waals surface area contributed by atoms with Crippen LogP contribution >= 0.6 is 0 Å². The van der Waals surface area contributed by atoms with Gasteiger partial charge in [0.1, 0.15) is 0 Å². The SMILES string of the molecule is N#CCCNS(=O)(=O)c1ccc(C(=O)N[C@H]2CCS(=O)(=O)C2)cc1. The number of nitrogens with one attached hydrogen (secondary N) is 2. The highest BCUT2D eigenvalue weighted by atomic mass is 32.2. The number of rotatable bonds is 6. The second-order valence-electron chi connectivity index (χ2n) is 5.40. The van der Waals surface area contributed by atoms with Gasteiger partial charge in [-0.15, -0.1) is 0 Å². The summed E-state index contributed by atoms with van der Waals surface area (Å²) in [6, 6.07) is 6.71. The van der Waals surface area contributed by atoms with E-state index >= 15 is 0 Å². The van der Waals surface area contributed by atoms with Gasteiger partial charge >= 0.3 is 0 Å². The fraction of sp³-hybridized carbons (Fsp3) is 0.429. The summed E-state index contributed by atoms with van der Waals surface area (Å²) >= 11 is 0. The van der Waals surface area contributed by atoms with Crippen molar-refractivity contribution in [3.63, 3.8) is 0 Å². The van der Waals surface area contributed by atoms with E-state index in [1.165, 1.54) is 24.3 Å². The maximum Gasteiger partial charge on any atom is 0.251 e. The number of carbonyl (C=O) groups excluding carboxylic acids is 1. The smallest absolute Gasteiger partial charge is 0.251 e. The van der Waals surface area contributed by atoms with Crippen molar-refractivity contribution >= 4 is 25.8 Å². The number of sulfonamides is 1. The van der Waals surface area contributed by atoms with Crippen LogP contribution in [0.3, 0.4) is 0 Å². The van der Waals surface area contributed by atoms with Gasteiger partial charge in [-0.3, -0.25) is 4.79 Å². The van der Waals surface area contributed by atoms with E-state index < -0.39 is 31.8 Å². The maximum atomic E-state index is 12.1. The molecule has 1 aliphatic heterocycles. The van der Waals surface area contributed by atoms with Crippen molar-refractivity contribution in [2.75, 3.05) is 18.1 Å². The highest BCUT2D eigenvalue weighted by molar-refractivity contribution is 7.91. The van der Waals surface area contributed by atoms with E-state index in [1.807, 2.05) is 6.07 Å². The molecule has 1 fully saturated rings. The van der Waals surface area contributed by atoms with E-state index in [-0.39, 0.29) is 34.9 Å². The summed E-state index contributed by atoms with van der Waals surface area (Å²) in [4.78, 5) is 12.1. The predicted molar refractivity (Wildman–Crippen MR) is 86.4 cm³/mol. The zero-order valence-electron chi connectivity index (χ0n) is 12.7. The fourth-order valence-corrected chi connectivity index (χ4v) is 4.99. The highest BCUT2D eigenvalue weighted by Gasteiger charge is 2.29. The first-order valence-corrected chi connectivity index (χ1v) is 10.5. The van der Waals surface area contributed by atoms with E-state index in [9.17, 15) is 21.6 Å². The molecule has 2 rings (SSSR count). The van der Waals surface area contributed by atoms with Crippen LogP contribution in [-0.2, 0) is 19.9 Å². The number of nitrogens with zero attached hydrogens (tertiary/aromatic N) is 1. The Bertz CT molecular complexity index is 855. The highest BCUT2D eigenvalue weighted by Crippen LogP contribution is 2.14. The second-order valence-corrected chi connectivity index (χ2v) is 9.40. The number of carbonyl (C=O) groups is 1. The zero-order chi connectivity index (χ0) is 17.8. The standard InChI is InChI=1S/C14H17N3O5S2/c15-7-1-8-16-24(21,22)13-4-2-11(3-5-13)14(18)17-12-6-9-23(19,20)10-12/h2-5,12,16H,1,6,8-10H2,(H,17,18)/t12-/m0/s1. The lowest BCUT2D eigenvalue weighted by atomic mass is 10.2. The Kier molecular flexibility index (Phi) is 5.58. The number of hydrogen-bond donors (Lipinski definition) is 2. The Morgan fingerprint density at radius 3 is 2.50 bits per heavy atom. The molecule has 1 heterocycles. The maximum absolute atomic E-state index is 12.1. The predicted octanol–water partition coefficient (Wildman–Crippen LogP) is -0.205. The quantitative estimate of drug-likeness (QED) is 0.665. The van der Waals surface area contributed by atoms with Crippen molar-refractivity contribution in [1.82, 2.24) is 10.0 Å². The summed E-state index contributed by atoms with van der Waals surface area (Å²) in [5.74, 6) is -0.462. The van der Waals surface area contributed by atoms with Crippen LogP contribution in [0.5, 0.6) is 0 Å². The minimum absolute atomic E-state index is 0.0111. The first-order chi connectivity index (χ1) is 11.2. The molecule has 1 aromatic carbocycles. The number of benzene rings is 1. The van der Waals surface area contributed by atoms with E-state index in [0.717, 1.165) is 0 Å². The Balaban J connectivity index is 2.01. The van der Waals surface area contributed by atoms with Crippen LogP contribution in [0.15, 0.2) is 29.2 Å². The number of nitriles is 1. The summed E-state index contributed by atoms with van der Waals surface area (Å²) in [5.41, 5.74) is 0.246. The molecule has 0 aromatic heterocycles. The Labute approximate surface area is 140 Å². The van der Waals surface area contributed by atoms with Crippen molar-refractivity contribution in [2.24, 2.45) is 0 Å². The molecule has 0 bridgehead atoms. The van der Waals surface area contributed by atoms with E-state index in [2.05, 4.69) is 10.0 Å². The number of hydrogen-bond acceptors (Lipinski definition) is 6. The van der Waals surface area contributed by atoms with Crippen molar-refractivity contribution in [1.29, 1.82) is 5.26 Å². The second kappa shape index (κ2) is 7.29. The van der Waals surface area contributed by atoms with Crippen LogP contribution in [0.4, 0.5) is 0 Å². The van der Waals surface area contributed by atoms with Gasteiger partial charge in [0.2, 0.25) is 10.0 Å². The van der Waals surface area contributed by atoms with Gasteiger partial charge in [0.25, 0.3) is 5.91 Å². The molecule has 1 aromatic rings. The molecule has 8 nitrogen and oxygen atoms in total. The zero-order valence-corrected chi connectivity index (χ0v) is 14.4. The third-order valence-corrected chi connectivity index (χ3v) is 6.77. The van der Waals surface area contributed by atoms with Gasteiger partial charge in [-0.25, -0.2) is 21.6 Å². The summed E-state index contributed by atoms with van der Waals surface area (Å²) in [7, 11) is -6.81. The molecule has 0 spiro atoms. The van der Waals surface area contributed by atoms with Crippen LogP contribution < -0.4 is 10.0 Å². The van der Waals surface area contributed by atoms with Gasteiger partial charge < -0.3 is 5.32 Å². The first kappa shape index (κ1) is 18.4. The van der Waals surface area contributed by atoms with E-state index in [4.69, 9.17) is 5.26 Å². The molecule has 1 amide bonds. The summed E-state index contributed by atoms with van der Waals surface area (Å²) in [6.45, 7) is 0.0111. The number of amides is 1. The molecule has 1 atom stereocenters. The Morgan fingerprint density at radius 2 is 1.96 bits per heavy atom. The molecule has 10 heteroatoms. The first-order valence-electron chi connectivity index (χ1n) is 7.21. The van der Waals surface area contributed by atoms with Crippen molar-refractivity contribution in [3.8, 4) is 6.07 Å². The van der Waals surface area contributed by atoms with Crippen molar-refractivity contribution < 1.29 is 21.6 Å². The van der Waals surface area contributed by atoms with Gasteiger partial charge in [0.15, 0.2) is 9.84 Å². The average molecular weight is 371 g/mol. The van der Waals surface area contributed by atoms with Crippen LogP contribution in [-0.4, -0.2) is 46.8 Å². The van der Waals surface area contributed by atoms with Crippen molar-refractivity contribution in [2.45, 2.75) is 23.8 Å². The normalized spacial score (nSPS) is 19.5. The molecular formula is C14H17N3O5S2. The molecule has 0 radical (unpaired) electrons. The monoisotopic (exact) mass is 371 g/mol. The molecule has 24 heavy (non-hydrogen) atoms. The van der Waals surface area contributed by atoms with Crippen LogP contribution in [0.2, 0.25) is 0 Å². The molecule has 0 saturated carbocycles. The van der Waals surface area contributed by atoms with Gasteiger partial charge in [-0.2, -0.15) is 5.26 Å².